The highest BCUT2D eigenvalue weighted by Crippen LogP contribution is 2.29. The number of barbiturate groups is 1. The van der Waals surface area contributed by atoms with Crippen LogP contribution in [0.2, 0.25) is 0 Å². The van der Waals surface area contributed by atoms with Crippen molar-refractivity contribution >= 4 is 23.9 Å². The number of imide groups is 2. The third kappa shape index (κ3) is 3.96. The van der Waals surface area contributed by atoms with E-state index in [0.717, 1.165) is 4.90 Å². The summed E-state index contributed by atoms with van der Waals surface area (Å²) in [5.41, 5.74) is 0.363. The Labute approximate surface area is 161 Å². The molecule has 8 heteroatoms. The molecule has 0 aliphatic carbocycles. The zero-order chi connectivity index (χ0) is 20.1. The summed E-state index contributed by atoms with van der Waals surface area (Å²) in [5.74, 6) is -0.127. The second-order valence-electron chi connectivity index (χ2n) is 5.80. The van der Waals surface area contributed by atoms with Gasteiger partial charge in [-0.25, -0.2) is 4.79 Å². The minimum absolute atomic E-state index is 0.0834. The van der Waals surface area contributed by atoms with Crippen molar-refractivity contribution in [2.45, 2.75) is 6.54 Å². The van der Waals surface area contributed by atoms with Crippen molar-refractivity contribution in [3.63, 3.8) is 0 Å². The van der Waals surface area contributed by atoms with Gasteiger partial charge in [-0.2, -0.15) is 0 Å². The number of carbonyl (C=O) groups excluding carboxylic acids is 3. The normalized spacial score (nSPS) is 15.5. The first kappa shape index (κ1) is 19.0. The maximum absolute atomic E-state index is 12.7. The van der Waals surface area contributed by atoms with Crippen LogP contribution in [0, 0.1) is 0 Å². The van der Waals surface area contributed by atoms with Crippen LogP contribution in [0.1, 0.15) is 11.3 Å². The van der Waals surface area contributed by atoms with Crippen LogP contribution in [0.4, 0.5) is 4.79 Å². The average molecular weight is 382 g/mol. The summed E-state index contributed by atoms with van der Waals surface area (Å²) >= 11 is 0. The molecule has 1 fully saturated rings. The van der Waals surface area contributed by atoms with Crippen molar-refractivity contribution in [3.8, 4) is 11.5 Å². The second-order valence-corrected chi connectivity index (χ2v) is 5.80. The quantitative estimate of drug-likeness (QED) is 0.449. The van der Waals surface area contributed by atoms with E-state index in [1.165, 1.54) is 19.4 Å². The summed E-state index contributed by atoms with van der Waals surface area (Å²) in [6.07, 6.45) is 4.43. The molecule has 28 heavy (non-hydrogen) atoms. The number of nitrogens with zero attached hydrogens (tertiary/aromatic N) is 1. The molecule has 0 spiro atoms. The Kier molecular flexibility index (Phi) is 5.59. The Morgan fingerprint density at radius 2 is 2.04 bits per heavy atom. The number of carbonyl (C=O) groups is 3. The first-order valence-electron chi connectivity index (χ1n) is 8.36. The van der Waals surface area contributed by atoms with Crippen LogP contribution < -0.4 is 14.8 Å². The number of amides is 4. The van der Waals surface area contributed by atoms with Gasteiger partial charge in [0.25, 0.3) is 11.8 Å². The lowest BCUT2D eigenvalue weighted by molar-refractivity contribution is -0.130. The molecule has 0 bridgehead atoms. The Morgan fingerprint density at radius 1 is 1.21 bits per heavy atom. The third-order valence-corrected chi connectivity index (χ3v) is 3.94. The molecule has 2 heterocycles. The van der Waals surface area contributed by atoms with E-state index in [-0.39, 0.29) is 12.1 Å². The van der Waals surface area contributed by atoms with E-state index in [1.54, 1.807) is 36.4 Å². The van der Waals surface area contributed by atoms with Crippen LogP contribution in [-0.4, -0.2) is 36.5 Å². The fraction of sp³-hybridized carbons (Fsp3) is 0.150. The topological polar surface area (TPSA) is 98.1 Å². The Morgan fingerprint density at radius 3 is 2.71 bits per heavy atom. The Balaban J connectivity index is 1.88. The molecular weight excluding hydrogens is 364 g/mol. The molecule has 0 saturated carbocycles. The smallest absolute Gasteiger partial charge is 0.331 e. The first-order valence-corrected chi connectivity index (χ1v) is 8.36. The van der Waals surface area contributed by atoms with Crippen molar-refractivity contribution in [1.29, 1.82) is 0 Å². The van der Waals surface area contributed by atoms with Crippen molar-refractivity contribution in [2.24, 2.45) is 0 Å². The van der Waals surface area contributed by atoms with E-state index < -0.39 is 17.8 Å². The highest BCUT2D eigenvalue weighted by Gasteiger charge is 2.36. The number of furan rings is 1. The van der Waals surface area contributed by atoms with Crippen molar-refractivity contribution in [2.75, 3.05) is 13.7 Å². The van der Waals surface area contributed by atoms with E-state index in [4.69, 9.17) is 13.9 Å². The minimum Gasteiger partial charge on any atom is -0.493 e. The predicted molar refractivity (Wildman–Crippen MR) is 99.5 cm³/mol. The first-order chi connectivity index (χ1) is 13.5. The summed E-state index contributed by atoms with van der Waals surface area (Å²) in [6, 6.07) is 7.43. The van der Waals surface area contributed by atoms with Gasteiger partial charge in [0.05, 0.1) is 19.9 Å². The molecular formula is C20H18N2O6. The summed E-state index contributed by atoms with van der Waals surface area (Å²) < 4.78 is 15.9. The highest BCUT2D eigenvalue weighted by molar-refractivity contribution is 6.30. The largest absolute Gasteiger partial charge is 0.493 e. The lowest BCUT2D eigenvalue weighted by atomic mass is 10.1. The molecule has 4 amide bonds. The van der Waals surface area contributed by atoms with Gasteiger partial charge in [0, 0.05) is 0 Å². The second kappa shape index (κ2) is 8.26. The molecule has 1 aliphatic rings. The Hall–Kier alpha value is -3.81. The monoisotopic (exact) mass is 382 g/mol. The molecule has 1 aromatic heterocycles. The van der Waals surface area contributed by atoms with Crippen LogP contribution in [-0.2, 0) is 16.1 Å². The number of hydrogen-bond donors (Lipinski definition) is 1. The molecule has 144 valence electrons. The van der Waals surface area contributed by atoms with Gasteiger partial charge in [0.2, 0.25) is 0 Å². The average Bonchev–Trinajstić information content (AvgIpc) is 3.20. The van der Waals surface area contributed by atoms with E-state index in [9.17, 15) is 14.4 Å². The number of methoxy groups -OCH3 is 1. The van der Waals surface area contributed by atoms with Crippen LogP contribution in [0.25, 0.3) is 6.08 Å². The molecule has 1 N–H and O–H groups in total. The van der Waals surface area contributed by atoms with Crippen LogP contribution in [0.15, 0.2) is 59.2 Å². The molecule has 0 radical (unpaired) electrons. The lowest BCUT2D eigenvalue weighted by Crippen LogP contribution is -2.53. The standard InChI is InChI=1S/C20H18N2O6/c1-3-8-28-16-7-6-13(11-17(16)26-2)10-15-18(23)21-20(25)22(19(15)24)12-14-5-4-9-27-14/h3-7,9-11H,1,8,12H2,2H3,(H,21,23,25)/b15-10+. The summed E-state index contributed by atoms with van der Waals surface area (Å²) in [6.45, 7) is 3.81. The molecule has 0 unspecified atom stereocenters. The number of ether oxygens (including phenoxy) is 2. The van der Waals surface area contributed by atoms with Gasteiger partial charge in [0.15, 0.2) is 11.5 Å². The van der Waals surface area contributed by atoms with Gasteiger partial charge in [-0.1, -0.05) is 18.7 Å². The zero-order valence-electron chi connectivity index (χ0n) is 15.1. The van der Waals surface area contributed by atoms with Crippen LogP contribution in [0.5, 0.6) is 11.5 Å². The fourth-order valence-electron chi connectivity index (χ4n) is 2.60. The van der Waals surface area contributed by atoms with Gasteiger partial charge >= 0.3 is 6.03 Å². The maximum Gasteiger partial charge on any atom is 0.331 e. The summed E-state index contributed by atoms with van der Waals surface area (Å²) in [5, 5.41) is 2.16. The van der Waals surface area contributed by atoms with Gasteiger partial charge in [-0.15, -0.1) is 0 Å². The molecule has 1 aromatic carbocycles. The van der Waals surface area contributed by atoms with Crippen LogP contribution >= 0.6 is 0 Å². The molecule has 0 atom stereocenters. The summed E-state index contributed by atoms with van der Waals surface area (Å²) in [7, 11) is 1.48. The van der Waals surface area contributed by atoms with Gasteiger partial charge in [0.1, 0.15) is 17.9 Å². The molecule has 1 aliphatic heterocycles. The van der Waals surface area contributed by atoms with E-state index >= 15 is 0 Å². The molecule has 8 nitrogen and oxygen atoms in total. The SMILES string of the molecule is C=CCOc1ccc(/C=C2\C(=O)NC(=O)N(Cc3ccco3)C2=O)cc1OC. The maximum atomic E-state index is 12.7. The van der Waals surface area contributed by atoms with E-state index in [2.05, 4.69) is 11.9 Å². The van der Waals surface area contributed by atoms with E-state index in [0.29, 0.717) is 29.4 Å². The number of hydrogen-bond acceptors (Lipinski definition) is 6. The lowest BCUT2D eigenvalue weighted by Gasteiger charge is -2.25. The predicted octanol–water partition coefficient (Wildman–Crippen LogP) is 2.52. The van der Waals surface area contributed by atoms with Gasteiger partial charge in [-0.3, -0.25) is 19.8 Å². The zero-order valence-corrected chi connectivity index (χ0v) is 15.1. The summed E-state index contributed by atoms with van der Waals surface area (Å²) in [4.78, 5) is 37.9. The minimum atomic E-state index is -0.797. The van der Waals surface area contributed by atoms with E-state index in [1.807, 2.05) is 0 Å². The fourth-order valence-corrected chi connectivity index (χ4v) is 2.60. The van der Waals surface area contributed by atoms with Crippen LogP contribution in [0.3, 0.4) is 0 Å². The number of benzene rings is 1. The van der Waals surface area contributed by atoms with Gasteiger partial charge in [-0.05, 0) is 35.9 Å². The number of rotatable bonds is 7. The Bertz CT molecular complexity index is 946. The van der Waals surface area contributed by atoms with Crippen molar-refractivity contribution in [1.82, 2.24) is 10.2 Å². The van der Waals surface area contributed by atoms with Crippen molar-refractivity contribution < 1.29 is 28.3 Å². The molecule has 2 aromatic rings. The molecule has 1 saturated heterocycles. The molecule has 3 rings (SSSR count). The highest BCUT2D eigenvalue weighted by atomic mass is 16.5. The van der Waals surface area contributed by atoms with Gasteiger partial charge < -0.3 is 13.9 Å². The number of nitrogens with one attached hydrogen (secondary N) is 1. The third-order valence-electron chi connectivity index (χ3n) is 3.94. The van der Waals surface area contributed by atoms with Crippen molar-refractivity contribution in [3.05, 3.63) is 66.1 Å². The number of urea groups is 1.